The number of carboxylic acids is 1. The van der Waals surface area contributed by atoms with E-state index in [4.69, 9.17) is 0 Å². The van der Waals surface area contributed by atoms with Crippen molar-refractivity contribution in [1.29, 1.82) is 0 Å². The van der Waals surface area contributed by atoms with Crippen molar-refractivity contribution in [3.05, 3.63) is 52.5 Å². The van der Waals surface area contributed by atoms with E-state index in [1.165, 1.54) is 41.3 Å². The van der Waals surface area contributed by atoms with Crippen LogP contribution in [-0.2, 0) is 31.6 Å². The summed E-state index contributed by atoms with van der Waals surface area (Å²) in [5, 5.41) is 10.6. The summed E-state index contributed by atoms with van der Waals surface area (Å²) in [6, 6.07) is 11.2. The number of hydrogen-bond acceptors (Lipinski definition) is 10. The molecule has 1 N–H and O–H groups in total. The van der Waals surface area contributed by atoms with E-state index in [-0.39, 0.29) is 49.1 Å². The fraction of sp³-hybridized carbons (Fsp3) is 0.200. The molecule has 0 bridgehead atoms. The summed E-state index contributed by atoms with van der Waals surface area (Å²) in [4.78, 5) is 13.3. The van der Waals surface area contributed by atoms with Gasteiger partial charge in [-0.2, -0.15) is 4.57 Å². The van der Waals surface area contributed by atoms with Crippen LogP contribution in [0.4, 0.5) is 5.69 Å². The Balaban J connectivity index is 0.00000342. The Hall–Kier alpha value is -1.49. The molecule has 2 aromatic carbocycles. The molecule has 35 heavy (non-hydrogen) atoms. The van der Waals surface area contributed by atoms with E-state index in [2.05, 4.69) is 0 Å². The van der Waals surface area contributed by atoms with Gasteiger partial charge in [0.15, 0.2) is 0 Å². The van der Waals surface area contributed by atoms with Crippen molar-refractivity contribution >= 4 is 71.3 Å². The molecule has 0 aliphatic carbocycles. The van der Waals surface area contributed by atoms with Gasteiger partial charge in [-0.15, -0.1) is 0 Å². The first kappa shape index (κ1) is 28.1. The first-order chi connectivity index (χ1) is 15.9. The molecule has 2 heterocycles. The smallest absolute Gasteiger partial charge is 0.748 e. The van der Waals surface area contributed by atoms with Crippen molar-refractivity contribution < 1.29 is 70.0 Å². The molecule has 0 unspecified atom stereocenters. The number of rotatable bonds is 8. The summed E-state index contributed by atoms with van der Waals surface area (Å²) in [7, 11) is -9.11. The van der Waals surface area contributed by atoms with Crippen molar-refractivity contribution in [3.63, 3.8) is 0 Å². The molecule has 180 valence electrons. The third kappa shape index (κ3) is 6.64. The summed E-state index contributed by atoms with van der Waals surface area (Å²) in [6.45, 7) is -0.145. The van der Waals surface area contributed by atoms with Crippen LogP contribution in [-0.4, -0.2) is 49.3 Å². The Morgan fingerprint density at radius 2 is 1.83 bits per heavy atom. The van der Waals surface area contributed by atoms with Gasteiger partial charge in [-0.1, -0.05) is 35.2 Å². The maximum Gasteiger partial charge on any atom is 1.00 e. The van der Waals surface area contributed by atoms with Crippen LogP contribution in [0.15, 0.2) is 57.3 Å². The van der Waals surface area contributed by atoms with Crippen molar-refractivity contribution in [2.75, 3.05) is 17.2 Å². The van der Waals surface area contributed by atoms with Gasteiger partial charge in [-0.25, -0.2) is 21.6 Å². The summed E-state index contributed by atoms with van der Waals surface area (Å²) in [5.41, 5.74) is 1.28. The van der Waals surface area contributed by atoms with E-state index < -0.39 is 36.9 Å². The number of para-hydroxylation sites is 1. The molecule has 0 amide bonds. The van der Waals surface area contributed by atoms with Crippen LogP contribution in [0.1, 0.15) is 11.4 Å². The Kier molecular flexibility index (Phi) is 8.72. The zero-order chi connectivity index (χ0) is 24.7. The average Bonchev–Trinajstić information content (AvgIpc) is 3.24. The number of nitrogens with zero attached hydrogens (tertiary/aromatic N) is 2. The van der Waals surface area contributed by atoms with Crippen LogP contribution in [0, 0.1) is 0 Å². The molecule has 1 aromatic heterocycles. The topological polar surface area (TPSA) is 159 Å². The molecule has 0 saturated heterocycles. The molecule has 3 aromatic rings. The number of aromatic nitrogens is 1. The summed E-state index contributed by atoms with van der Waals surface area (Å²) < 4.78 is 70.1. The zero-order valence-electron chi connectivity index (χ0n) is 18.3. The van der Waals surface area contributed by atoms with Crippen LogP contribution in [0.25, 0.3) is 16.3 Å². The Morgan fingerprint density at radius 3 is 2.49 bits per heavy atom. The molecule has 15 heteroatoms. The van der Waals surface area contributed by atoms with Gasteiger partial charge in [-0.3, -0.25) is 0 Å². The second-order valence-electron chi connectivity index (χ2n) is 7.32. The fourth-order valence-electron chi connectivity index (χ4n) is 3.54. The Morgan fingerprint density at radius 1 is 1.11 bits per heavy atom. The molecule has 0 saturated carbocycles. The van der Waals surface area contributed by atoms with Crippen molar-refractivity contribution in [2.24, 2.45) is 0 Å². The summed E-state index contributed by atoms with van der Waals surface area (Å²) in [6.07, 6.45) is 1.75. The van der Waals surface area contributed by atoms with Crippen LogP contribution in [0.2, 0.25) is 0 Å². The normalized spacial score (nSPS) is 14.8. The van der Waals surface area contributed by atoms with Gasteiger partial charge in [0.2, 0.25) is 12.1 Å². The number of benzene rings is 2. The van der Waals surface area contributed by atoms with Crippen LogP contribution in [0.3, 0.4) is 0 Å². The van der Waals surface area contributed by atoms with Gasteiger partial charge in [0.25, 0.3) is 5.01 Å². The fourth-order valence-corrected chi connectivity index (χ4v) is 6.93. The minimum absolute atomic E-state index is 0. The number of thioether (sulfide) groups is 1. The van der Waals surface area contributed by atoms with Gasteiger partial charge >= 0.3 is 35.5 Å². The number of hydrogen-bond donors (Lipinski definition) is 1. The quantitative estimate of drug-likeness (QED) is 0.205. The van der Waals surface area contributed by atoms with E-state index in [1.54, 1.807) is 27.7 Å². The van der Waals surface area contributed by atoms with Gasteiger partial charge in [0, 0.05) is 23.3 Å². The van der Waals surface area contributed by atoms with Gasteiger partial charge in [-0.05, 0) is 30.7 Å². The number of carbonyl (C=O) groups is 1. The number of anilines is 1. The monoisotopic (exact) mass is 564 g/mol. The average molecular weight is 565 g/mol. The molecule has 4 rings (SSSR count). The third-order valence-electron chi connectivity index (χ3n) is 4.94. The van der Waals surface area contributed by atoms with Crippen molar-refractivity contribution in [2.45, 2.75) is 22.8 Å². The summed E-state index contributed by atoms with van der Waals surface area (Å²) in [5.74, 6) is -1.61. The second kappa shape index (κ2) is 10.9. The maximum atomic E-state index is 11.5. The van der Waals surface area contributed by atoms with Crippen LogP contribution in [0.5, 0.6) is 0 Å². The Labute approximate surface area is 232 Å². The molecule has 10 nitrogen and oxygen atoms in total. The van der Waals surface area contributed by atoms with Gasteiger partial charge in [0.05, 0.1) is 31.8 Å². The number of thiazole rings is 1. The second-order valence-corrected chi connectivity index (χ2v) is 12.4. The molecule has 1 aliphatic heterocycles. The minimum Gasteiger partial charge on any atom is -0.748 e. The number of aliphatic carboxylic acids is 1. The number of fused-ring (bicyclic) bond motifs is 2. The van der Waals surface area contributed by atoms with Crippen molar-refractivity contribution in [3.8, 4) is 0 Å². The Bertz CT molecular complexity index is 1530. The van der Waals surface area contributed by atoms with Crippen LogP contribution >= 0.6 is 23.1 Å². The van der Waals surface area contributed by atoms with E-state index >= 15 is 0 Å². The van der Waals surface area contributed by atoms with E-state index in [1.807, 2.05) is 12.1 Å². The van der Waals surface area contributed by atoms with E-state index in [9.17, 15) is 35.8 Å². The molecule has 0 fully saturated rings. The van der Waals surface area contributed by atoms with E-state index in [0.29, 0.717) is 20.6 Å². The first-order valence-electron chi connectivity index (χ1n) is 9.76. The van der Waals surface area contributed by atoms with E-state index in [0.717, 1.165) is 10.2 Å². The predicted octanol–water partition coefficient (Wildman–Crippen LogP) is -0.972. The largest absolute Gasteiger partial charge is 1.00 e. The minimum atomic E-state index is -4.68. The van der Waals surface area contributed by atoms with Crippen molar-refractivity contribution in [1.82, 2.24) is 0 Å². The van der Waals surface area contributed by atoms with Gasteiger partial charge < -0.3 is 19.1 Å². The standard InChI is InChI=1S/C20H18N2O8S4.Na/c23-20(24)12-22-14-4-1-2-5-16(14)31-19(22)11-18-21(8-3-9-33(25,26)27)15-7-6-13(34(28,29)30)10-17(15)32-18;/h1-2,4-7,10-11H,3,8-9,12H2,(H2-,23,24,25,26,27,28,29,30);/q;+1/p-1. The molecule has 0 atom stereocenters. The molecular formula is C20H17N2NaO8S4. The first-order valence-corrected chi connectivity index (χ1v) is 14.4. The maximum absolute atomic E-state index is 11.5. The summed E-state index contributed by atoms with van der Waals surface area (Å²) >= 11 is 2.53. The zero-order valence-corrected chi connectivity index (χ0v) is 23.5. The van der Waals surface area contributed by atoms with Crippen LogP contribution < -0.4 is 39.0 Å². The molecule has 0 spiro atoms. The molecule has 0 radical (unpaired) electrons. The molecule has 1 aliphatic rings. The number of carboxylic acid groups (broad SMARTS) is 1. The SMILES string of the molecule is O=C(O)C[n+]1c(C=C2Sc3cc(S(=O)(=O)[O-])ccc3N2CCCS(=O)(=O)[O-])sc2ccccc21.[Na+]. The molecular weight excluding hydrogens is 547 g/mol. The predicted molar refractivity (Wildman–Crippen MR) is 124 cm³/mol. The van der Waals surface area contributed by atoms with Gasteiger partial charge in [0.1, 0.15) is 14.8 Å². The third-order valence-corrected chi connectivity index (χ3v) is 8.77.